The number of rotatable bonds is 16. The fourth-order valence-electron chi connectivity index (χ4n) is 11.4. The van der Waals surface area contributed by atoms with Crippen LogP contribution in [0, 0.1) is 10.8 Å². The van der Waals surface area contributed by atoms with Gasteiger partial charge in [0.1, 0.15) is 18.7 Å². The van der Waals surface area contributed by atoms with Crippen LogP contribution in [-0.2, 0) is 38.1 Å². The summed E-state index contributed by atoms with van der Waals surface area (Å²) in [6.45, 7) is 9.67. The van der Waals surface area contributed by atoms with Gasteiger partial charge in [0.05, 0.1) is 53.9 Å². The zero-order valence-electron chi connectivity index (χ0n) is 46.4. The lowest BCUT2D eigenvalue weighted by Gasteiger charge is -2.41. The molecule has 428 valence electrons. The van der Waals surface area contributed by atoms with E-state index in [4.69, 9.17) is 18.9 Å². The maximum absolute atomic E-state index is 13.8. The van der Waals surface area contributed by atoms with Crippen LogP contribution in [0.4, 0.5) is 0 Å². The number of β-lactam (4-membered cyclic amide) rings is 2. The molecule has 83 heavy (non-hydrogen) atoms. The lowest BCUT2D eigenvalue weighted by Crippen LogP contribution is -2.58. The van der Waals surface area contributed by atoms with Gasteiger partial charge in [0, 0.05) is 41.0 Å². The molecule has 0 aliphatic carbocycles. The number of amides is 2. The van der Waals surface area contributed by atoms with E-state index in [9.17, 15) is 44.1 Å². The maximum atomic E-state index is 13.8. The average Bonchev–Trinajstić information content (AvgIpc) is 1.71. The van der Waals surface area contributed by atoms with Gasteiger partial charge in [0.2, 0.25) is 0 Å². The molecule has 0 radical (unpaired) electrons. The Labute approximate surface area is 481 Å². The molecule has 5 aliphatic heterocycles. The first kappa shape index (κ1) is 58.7. The molecular weight excluding hydrogens is 1060 g/mol. The largest absolute Gasteiger partial charge is 0.478 e. The molecule has 11 rings (SSSR count). The van der Waals surface area contributed by atoms with Crippen molar-refractivity contribution >= 4 is 47.8 Å². The summed E-state index contributed by atoms with van der Waals surface area (Å²) in [5, 5.41) is 29.9. The molecule has 6 aromatic rings. The minimum Gasteiger partial charge on any atom is -0.478 e. The quantitative estimate of drug-likeness (QED) is 0.0270. The second kappa shape index (κ2) is 25.9. The second-order valence-electron chi connectivity index (χ2n) is 21.7. The van der Waals surface area contributed by atoms with E-state index in [2.05, 4.69) is 23.5 Å². The van der Waals surface area contributed by atoms with Crippen molar-refractivity contribution in [2.24, 2.45) is 10.8 Å². The fourth-order valence-corrected chi connectivity index (χ4v) is 11.4. The van der Waals surface area contributed by atoms with E-state index in [-0.39, 0.29) is 37.2 Å². The lowest BCUT2D eigenvalue weighted by molar-refractivity contribution is -0.163. The number of aliphatic hydroxyl groups is 2. The number of esters is 3. The standard InChI is InChI=1S/C32H30N2O6.C29H26N2O6.C5H10O/c1-3-16-39-30(37)23-14-15-33-24(17-23)18-25-26-19-32(2,20-35)28(34(26)29(25)36)31(38)40-27(21-10-6-4-7-11-21)22-12-8-5-9-13-22;1-29(17-32)16-23-22(15-21-14-20(27(34)35)12-13-30-21)26(33)31(23)25(29)28(36)37-24(18-8-4-2-5-9-18)19-10-6-3-7-11-19;1-5-3-2-4-6-5/h3-15,17-18,26-28,35H,1,16,19-20H2,2H3;2-15,23-25,32H,16-17H2,1H3,(H,34,35);5H,2-4H2,1H3/b25-18+;22-15+;/t26?,28-,32-;23?,25-,29-;/m00./s1. The second-order valence-corrected chi connectivity index (χ2v) is 21.7. The number of carboxylic acid groups (broad SMARTS) is 1. The number of carbonyl (C=O) groups excluding carboxylic acids is 5. The zero-order valence-corrected chi connectivity index (χ0v) is 46.4. The zero-order chi connectivity index (χ0) is 58.8. The van der Waals surface area contributed by atoms with Crippen LogP contribution >= 0.6 is 0 Å². The Morgan fingerprint density at radius 1 is 0.651 bits per heavy atom. The highest BCUT2D eigenvalue weighted by atomic mass is 16.6. The first-order valence-corrected chi connectivity index (χ1v) is 27.5. The Morgan fingerprint density at radius 3 is 1.39 bits per heavy atom. The SMILES string of the molecule is C=CCOC(=O)c1ccnc(/C=C2/C(=O)N3C2C[C@@](C)(CO)[C@@H]3C(=O)OC(c2ccccc2)c2ccccc2)c1.CC1CCCO1.C[C@@]1(CO)CC2/C(=C\c3cc(C(=O)O)ccn3)C(=O)N2[C@H]1C(=O)OC(c1ccccc1)c1ccccc1. The number of benzene rings is 4. The van der Waals surface area contributed by atoms with Crippen LogP contribution in [-0.4, -0.2) is 127 Å². The molecular formula is C66H66N4O13. The number of fused-ring (bicyclic) bond motifs is 2. The molecule has 4 aromatic carbocycles. The number of carbonyl (C=O) groups is 6. The molecule has 0 bridgehead atoms. The first-order chi connectivity index (χ1) is 40.1. The number of hydrogen-bond donors (Lipinski definition) is 3. The van der Waals surface area contributed by atoms with Crippen molar-refractivity contribution in [2.45, 2.75) is 88.9 Å². The van der Waals surface area contributed by atoms with E-state index in [1.807, 2.05) is 121 Å². The number of aromatic nitrogens is 2. The highest BCUT2D eigenvalue weighted by Gasteiger charge is 2.64. The van der Waals surface area contributed by atoms with Crippen LogP contribution in [0.25, 0.3) is 12.2 Å². The highest BCUT2D eigenvalue weighted by Crippen LogP contribution is 2.52. The molecule has 5 saturated heterocycles. The van der Waals surface area contributed by atoms with Crippen LogP contribution in [0.5, 0.6) is 0 Å². The number of aliphatic hydroxyl groups excluding tert-OH is 2. The summed E-state index contributed by atoms with van der Waals surface area (Å²) in [7, 11) is 0. The molecule has 0 spiro atoms. The number of aromatic carboxylic acids is 1. The van der Waals surface area contributed by atoms with E-state index in [0.29, 0.717) is 47.0 Å². The molecule has 7 atom stereocenters. The Balaban J connectivity index is 0.000000181. The number of hydrogen-bond acceptors (Lipinski definition) is 14. The van der Waals surface area contributed by atoms with Crippen molar-refractivity contribution < 1.29 is 63.0 Å². The topological polar surface area (TPSA) is 232 Å². The van der Waals surface area contributed by atoms with Gasteiger partial charge in [-0.15, -0.1) is 0 Å². The van der Waals surface area contributed by atoms with E-state index < -0.39 is 71.1 Å². The molecule has 2 aromatic heterocycles. The lowest BCUT2D eigenvalue weighted by atomic mass is 9.81. The van der Waals surface area contributed by atoms with Gasteiger partial charge in [-0.2, -0.15) is 0 Å². The Kier molecular flexibility index (Phi) is 18.3. The van der Waals surface area contributed by atoms with Crippen molar-refractivity contribution in [3.63, 3.8) is 0 Å². The Bertz CT molecular complexity index is 3310. The molecule has 5 aliphatic rings. The third-order valence-corrected chi connectivity index (χ3v) is 15.7. The van der Waals surface area contributed by atoms with Gasteiger partial charge in [0.15, 0.2) is 12.2 Å². The van der Waals surface area contributed by atoms with Crippen molar-refractivity contribution in [3.05, 3.63) is 227 Å². The van der Waals surface area contributed by atoms with E-state index in [0.717, 1.165) is 28.9 Å². The molecule has 3 unspecified atom stereocenters. The van der Waals surface area contributed by atoms with Gasteiger partial charge in [-0.3, -0.25) is 19.6 Å². The molecule has 7 heterocycles. The van der Waals surface area contributed by atoms with Crippen LogP contribution in [0.2, 0.25) is 0 Å². The minimum absolute atomic E-state index is 0.0615. The fraction of sp³-hybridized carbons (Fsp3) is 0.303. The number of ether oxygens (including phenoxy) is 4. The van der Waals surface area contributed by atoms with Crippen molar-refractivity contribution in [2.75, 3.05) is 26.4 Å². The third-order valence-electron chi connectivity index (χ3n) is 15.7. The number of nitrogens with zero attached hydrogens (tertiary/aromatic N) is 4. The van der Waals surface area contributed by atoms with E-state index >= 15 is 0 Å². The molecule has 5 fully saturated rings. The summed E-state index contributed by atoms with van der Waals surface area (Å²) in [6.07, 6.45) is 9.96. The number of carboxylic acids is 1. The summed E-state index contributed by atoms with van der Waals surface area (Å²) in [4.78, 5) is 89.0. The predicted octanol–water partition coefficient (Wildman–Crippen LogP) is 8.79. The van der Waals surface area contributed by atoms with Crippen molar-refractivity contribution in [1.82, 2.24) is 19.8 Å². The normalized spacial score (nSPS) is 23.9. The molecule has 0 saturated carbocycles. The monoisotopic (exact) mass is 1120 g/mol. The van der Waals surface area contributed by atoms with E-state index in [1.165, 1.54) is 59.3 Å². The Hall–Kier alpha value is -8.90. The summed E-state index contributed by atoms with van der Waals surface area (Å²) < 4.78 is 22.4. The molecule has 3 N–H and O–H groups in total. The summed E-state index contributed by atoms with van der Waals surface area (Å²) in [6, 6.07) is 40.7. The smallest absolute Gasteiger partial charge is 0.338 e. The van der Waals surface area contributed by atoms with Gasteiger partial charge in [-0.25, -0.2) is 19.2 Å². The van der Waals surface area contributed by atoms with Gasteiger partial charge in [0.25, 0.3) is 11.8 Å². The molecule has 17 heteroatoms. The average molecular weight is 1120 g/mol. The van der Waals surface area contributed by atoms with Gasteiger partial charge in [-0.05, 0) is 91.3 Å². The number of pyridine rings is 2. The highest BCUT2D eigenvalue weighted by molar-refractivity contribution is 6.09. The minimum atomic E-state index is -1.09. The summed E-state index contributed by atoms with van der Waals surface area (Å²) in [5.41, 5.74) is 3.37. The van der Waals surface area contributed by atoms with Crippen LogP contribution < -0.4 is 0 Å². The molecule has 17 nitrogen and oxygen atoms in total. The molecule has 2 amide bonds. The Morgan fingerprint density at radius 2 is 1.05 bits per heavy atom. The van der Waals surface area contributed by atoms with E-state index in [1.54, 1.807) is 32.1 Å². The first-order valence-electron chi connectivity index (χ1n) is 27.5. The third kappa shape index (κ3) is 12.8. The summed E-state index contributed by atoms with van der Waals surface area (Å²) in [5.74, 6) is -3.47. The van der Waals surface area contributed by atoms with Gasteiger partial charge < -0.3 is 44.1 Å². The van der Waals surface area contributed by atoms with Gasteiger partial charge in [-0.1, -0.05) is 148 Å². The van der Waals surface area contributed by atoms with Crippen molar-refractivity contribution in [3.8, 4) is 0 Å². The van der Waals surface area contributed by atoms with Crippen LogP contribution in [0.1, 0.15) is 113 Å². The van der Waals surface area contributed by atoms with Gasteiger partial charge >= 0.3 is 23.9 Å². The van der Waals surface area contributed by atoms with Crippen LogP contribution in [0.15, 0.2) is 182 Å². The predicted molar refractivity (Wildman–Crippen MR) is 307 cm³/mol. The summed E-state index contributed by atoms with van der Waals surface area (Å²) >= 11 is 0. The van der Waals surface area contributed by atoms with Crippen LogP contribution in [0.3, 0.4) is 0 Å². The maximum Gasteiger partial charge on any atom is 0.338 e. The van der Waals surface area contributed by atoms with Crippen molar-refractivity contribution in [1.29, 1.82) is 0 Å².